The molecule has 3 nitrogen and oxygen atoms in total. The molecule has 2 saturated heterocycles. The molecule has 1 N–H and O–H groups in total. The summed E-state index contributed by atoms with van der Waals surface area (Å²) < 4.78 is 0. The lowest BCUT2D eigenvalue weighted by atomic mass is 9.93. The third kappa shape index (κ3) is 2.63. The van der Waals surface area contributed by atoms with Gasteiger partial charge in [0.2, 0.25) is 0 Å². The minimum absolute atomic E-state index is 0.513. The van der Waals surface area contributed by atoms with E-state index < -0.39 is 0 Å². The van der Waals surface area contributed by atoms with Gasteiger partial charge in [0.25, 0.3) is 0 Å². The molecule has 0 radical (unpaired) electrons. The van der Waals surface area contributed by atoms with E-state index in [9.17, 15) is 5.26 Å². The summed E-state index contributed by atoms with van der Waals surface area (Å²) in [6.07, 6.45) is 6.22. The van der Waals surface area contributed by atoms with Crippen LogP contribution in [-0.4, -0.2) is 25.2 Å². The molecule has 1 aromatic carbocycles. The molecule has 2 atom stereocenters. The smallest absolute Gasteiger partial charge is 0.101 e. The maximum atomic E-state index is 9.37. The van der Waals surface area contributed by atoms with E-state index in [1.807, 2.05) is 12.1 Å². The molecule has 2 aliphatic rings. The number of hydrogen-bond acceptors (Lipinski definition) is 3. The molecule has 0 saturated carbocycles. The molecule has 1 aromatic rings. The summed E-state index contributed by atoms with van der Waals surface area (Å²) in [4.78, 5) is 2.43. The monoisotopic (exact) mass is 289 g/mol. The van der Waals surface area contributed by atoms with E-state index in [-0.39, 0.29) is 0 Å². The largest absolute Gasteiger partial charge is 0.366 e. The molecule has 2 fully saturated rings. The summed E-state index contributed by atoms with van der Waals surface area (Å²) in [7, 11) is 0. The van der Waals surface area contributed by atoms with Crippen molar-refractivity contribution in [1.29, 1.82) is 5.26 Å². The highest BCUT2D eigenvalue weighted by Crippen LogP contribution is 2.32. The second kappa shape index (κ2) is 6.03. The fourth-order valence-corrected chi connectivity index (χ4v) is 3.74. The van der Waals surface area contributed by atoms with Gasteiger partial charge in [-0.05, 0) is 56.8 Å². The van der Waals surface area contributed by atoms with Gasteiger partial charge in [-0.1, -0.05) is 11.6 Å². The zero-order valence-electron chi connectivity index (χ0n) is 11.6. The first-order valence-corrected chi connectivity index (χ1v) is 7.87. The van der Waals surface area contributed by atoms with Crippen LogP contribution in [0.1, 0.15) is 37.7 Å². The van der Waals surface area contributed by atoms with Crippen LogP contribution in [0.2, 0.25) is 5.02 Å². The maximum absolute atomic E-state index is 9.37. The molecule has 0 bridgehead atoms. The third-order valence-electron chi connectivity index (χ3n) is 4.50. The Morgan fingerprint density at radius 1 is 1.25 bits per heavy atom. The van der Waals surface area contributed by atoms with Crippen molar-refractivity contribution in [2.75, 3.05) is 18.0 Å². The molecule has 2 heterocycles. The Hall–Kier alpha value is -1.24. The number of rotatable bonds is 2. The van der Waals surface area contributed by atoms with Gasteiger partial charge in [0, 0.05) is 23.7 Å². The molecule has 3 rings (SSSR count). The summed E-state index contributed by atoms with van der Waals surface area (Å²) in [6, 6.07) is 9.06. The van der Waals surface area contributed by atoms with Crippen LogP contribution in [0.5, 0.6) is 0 Å². The molecule has 2 aliphatic heterocycles. The van der Waals surface area contributed by atoms with E-state index in [1.54, 1.807) is 6.07 Å². The van der Waals surface area contributed by atoms with E-state index in [4.69, 9.17) is 11.6 Å². The molecule has 0 aromatic heterocycles. The molecule has 106 valence electrons. The van der Waals surface area contributed by atoms with Crippen molar-refractivity contribution in [2.45, 2.75) is 44.2 Å². The summed E-state index contributed by atoms with van der Waals surface area (Å²) in [6.45, 7) is 2.17. The highest BCUT2D eigenvalue weighted by atomic mass is 35.5. The van der Waals surface area contributed by atoms with Crippen molar-refractivity contribution in [1.82, 2.24) is 5.32 Å². The van der Waals surface area contributed by atoms with E-state index in [2.05, 4.69) is 16.3 Å². The van der Waals surface area contributed by atoms with Gasteiger partial charge in [0.15, 0.2) is 0 Å². The first-order chi connectivity index (χ1) is 9.79. The SMILES string of the molecule is N#Cc1cc(Cl)ccc1N1CCCCC1C1CCCN1. The summed E-state index contributed by atoms with van der Waals surface area (Å²) in [5.74, 6) is 0. The van der Waals surface area contributed by atoms with Gasteiger partial charge in [-0.15, -0.1) is 0 Å². The number of nitriles is 1. The van der Waals surface area contributed by atoms with Crippen LogP contribution in [0.25, 0.3) is 0 Å². The number of benzene rings is 1. The quantitative estimate of drug-likeness (QED) is 0.908. The van der Waals surface area contributed by atoms with E-state index in [0.29, 0.717) is 22.7 Å². The number of anilines is 1. The summed E-state index contributed by atoms with van der Waals surface area (Å²) in [5, 5.41) is 13.6. The number of halogens is 1. The Balaban J connectivity index is 1.91. The first kappa shape index (κ1) is 13.7. The van der Waals surface area contributed by atoms with Gasteiger partial charge in [-0.3, -0.25) is 0 Å². The number of piperidine rings is 1. The molecule has 0 spiro atoms. The van der Waals surface area contributed by atoms with Crippen molar-refractivity contribution in [2.24, 2.45) is 0 Å². The van der Waals surface area contributed by atoms with Crippen LogP contribution in [0.15, 0.2) is 18.2 Å². The van der Waals surface area contributed by atoms with Gasteiger partial charge >= 0.3 is 0 Å². The van der Waals surface area contributed by atoms with Gasteiger partial charge in [-0.25, -0.2) is 0 Å². The summed E-state index contributed by atoms with van der Waals surface area (Å²) >= 11 is 6.02. The van der Waals surface area contributed by atoms with Gasteiger partial charge in [0.05, 0.1) is 11.3 Å². The van der Waals surface area contributed by atoms with Gasteiger partial charge < -0.3 is 10.2 Å². The topological polar surface area (TPSA) is 39.1 Å². The van der Waals surface area contributed by atoms with Gasteiger partial charge in [0.1, 0.15) is 6.07 Å². The zero-order valence-corrected chi connectivity index (χ0v) is 12.4. The van der Waals surface area contributed by atoms with Crippen molar-refractivity contribution in [3.8, 4) is 6.07 Å². The number of nitrogens with zero attached hydrogens (tertiary/aromatic N) is 2. The fourth-order valence-electron chi connectivity index (χ4n) is 3.56. The Morgan fingerprint density at radius 3 is 2.90 bits per heavy atom. The van der Waals surface area contributed by atoms with Crippen molar-refractivity contribution < 1.29 is 0 Å². The Kier molecular flexibility index (Phi) is 4.14. The van der Waals surface area contributed by atoms with Gasteiger partial charge in [-0.2, -0.15) is 5.26 Å². The van der Waals surface area contributed by atoms with Crippen LogP contribution in [0.4, 0.5) is 5.69 Å². The molecule has 4 heteroatoms. The fraction of sp³-hybridized carbons (Fsp3) is 0.562. The van der Waals surface area contributed by atoms with Crippen LogP contribution >= 0.6 is 11.6 Å². The molecule has 2 unspecified atom stereocenters. The van der Waals surface area contributed by atoms with Crippen LogP contribution in [0.3, 0.4) is 0 Å². The van der Waals surface area contributed by atoms with Crippen molar-refractivity contribution >= 4 is 17.3 Å². The molecule has 0 aliphatic carbocycles. The molecular weight excluding hydrogens is 270 g/mol. The van der Waals surface area contributed by atoms with Crippen molar-refractivity contribution in [3.63, 3.8) is 0 Å². The lowest BCUT2D eigenvalue weighted by molar-refractivity contribution is 0.378. The van der Waals surface area contributed by atoms with E-state index in [0.717, 1.165) is 18.8 Å². The Bertz CT molecular complexity index is 517. The molecular formula is C16H20ClN3. The molecule has 20 heavy (non-hydrogen) atoms. The lowest BCUT2D eigenvalue weighted by Crippen LogP contribution is -2.50. The zero-order chi connectivity index (χ0) is 13.9. The summed E-state index contributed by atoms with van der Waals surface area (Å²) in [5.41, 5.74) is 1.75. The highest BCUT2D eigenvalue weighted by molar-refractivity contribution is 6.30. The minimum atomic E-state index is 0.513. The normalized spacial score (nSPS) is 26.5. The highest BCUT2D eigenvalue weighted by Gasteiger charge is 2.32. The second-order valence-corrected chi connectivity index (χ2v) is 6.17. The lowest BCUT2D eigenvalue weighted by Gasteiger charge is -2.41. The van der Waals surface area contributed by atoms with Crippen LogP contribution in [-0.2, 0) is 0 Å². The van der Waals surface area contributed by atoms with E-state index in [1.165, 1.54) is 32.1 Å². The van der Waals surface area contributed by atoms with Crippen LogP contribution in [0, 0.1) is 11.3 Å². The number of nitrogens with one attached hydrogen (secondary N) is 1. The first-order valence-electron chi connectivity index (χ1n) is 7.49. The Labute approximate surface area is 125 Å². The molecule has 0 amide bonds. The van der Waals surface area contributed by atoms with Crippen molar-refractivity contribution in [3.05, 3.63) is 28.8 Å². The average molecular weight is 290 g/mol. The number of hydrogen-bond donors (Lipinski definition) is 1. The van der Waals surface area contributed by atoms with E-state index >= 15 is 0 Å². The van der Waals surface area contributed by atoms with Crippen LogP contribution < -0.4 is 10.2 Å². The standard InChI is InChI=1S/C16H20ClN3/c17-13-6-7-15(12(10-13)11-18)20-9-2-1-5-16(20)14-4-3-8-19-14/h6-7,10,14,16,19H,1-5,8-9H2. The predicted molar refractivity (Wildman–Crippen MR) is 82.2 cm³/mol. The Morgan fingerprint density at radius 2 is 2.15 bits per heavy atom. The average Bonchev–Trinajstić information content (AvgIpc) is 3.01. The third-order valence-corrected chi connectivity index (χ3v) is 4.74. The minimum Gasteiger partial charge on any atom is -0.366 e. The second-order valence-electron chi connectivity index (χ2n) is 5.73. The predicted octanol–water partition coefficient (Wildman–Crippen LogP) is 3.32. The maximum Gasteiger partial charge on any atom is 0.101 e.